The number of anilines is 2. The Labute approximate surface area is 210 Å². The molecule has 0 unspecified atom stereocenters. The number of benzene rings is 2. The van der Waals surface area contributed by atoms with E-state index in [4.69, 9.17) is 4.74 Å². The summed E-state index contributed by atoms with van der Waals surface area (Å²) in [7, 11) is 0. The summed E-state index contributed by atoms with van der Waals surface area (Å²) in [6.45, 7) is 10.1. The van der Waals surface area contributed by atoms with E-state index in [1.807, 2.05) is 27.7 Å². The molecule has 1 heterocycles. The highest BCUT2D eigenvalue weighted by atomic mass is 16.5. The summed E-state index contributed by atoms with van der Waals surface area (Å²) < 4.78 is 5.24. The molecule has 0 saturated carbocycles. The second-order valence-electron chi connectivity index (χ2n) is 9.60. The Morgan fingerprint density at radius 3 is 2.03 bits per heavy atom. The van der Waals surface area contributed by atoms with E-state index in [0.717, 1.165) is 4.90 Å². The van der Waals surface area contributed by atoms with E-state index in [9.17, 15) is 24.0 Å². The van der Waals surface area contributed by atoms with E-state index >= 15 is 0 Å². The first-order valence-electron chi connectivity index (χ1n) is 11.8. The molecule has 1 aliphatic heterocycles. The van der Waals surface area contributed by atoms with Crippen LogP contribution >= 0.6 is 0 Å². The molecule has 4 amide bonds. The van der Waals surface area contributed by atoms with Crippen LogP contribution in [0.1, 0.15) is 65.7 Å². The zero-order valence-corrected chi connectivity index (χ0v) is 21.2. The van der Waals surface area contributed by atoms with E-state index < -0.39 is 24.4 Å². The highest BCUT2D eigenvalue weighted by molar-refractivity contribution is 6.34. The zero-order chi connectivity index (χ0) is 26.6. The summed E-state index contributed by atoms with van der Waals surface area (Å²) in [6, 6.07) is 10.4. The molecule has 3 rings (SSSR count). The normalized spacial score (nSPS) is 12.7. The van der Waals surface area contributed by atoms with Crippen LogP contribution in [0.3, 0.4) is 0 Å². The predicted molar refractivity (Wildman–Crippen MR) is 135 cm³/mol. The summed E-state index contributed by atoms with van der Waals surface area (Å²) in [5.74, 6) is -1.83. The van der Waals surface area contributed by atoms with E-state index in [1.54, 1.807) is 29.2 Å². The lowest BCUT2D eigenvalue weighted by Crippen LogP contribution is -2.39. The Kier molecular flexibility index (Phi) is 8.24. The monoisotopic (exact) mass is 493 g/mol. The number of esters is 1. The molecule has 0 spiro atoms. The zero-order valence-electron chi connectivity index (χ0n) is 21.2. The molecule has 0 atom stereocenters. The van der Waals surface area contributed by atoms with Crippen molar-refractivity contribution in [2.45, 2.75) is 34.6 Å². The standard InChI is InChI=1S/C27H31N3O6/c1-16(2)13-29(14-17(3)4)24(32)15-36-27(35)19-6-11-22-23(12-19)26(34)30(25(22)33)21-9-7-20(8-10-21)28-18(5)31/h6-12,16-17H,13-15H2,1-5H3,(H,28,31). The van der Waals surface area contributed by atoms with Gasteiger partial charge in [0.15, 0.2) is 6.61 Å². The van der Waals surface area contributed by atoms with Gasteiger partial charge in [0.25, 0.3) is 17.7 Å². The molecule has 2 aromatic rings. The van der Waals surface area contributed by atoms with Gasteiger partial charge in [-0.1, -0.05) is 27.7 Å². The van der Waals surface area contributed by atoms with E-state index in [0.29, 0.717) is 24.5 Å². The van der Waals surface area contributed by atoms with E-state index in [-0.39, 0.29) is 40.3 Å². The molecular weight excluding hydrogens is 462 g/mol. The molecule has 36 heavy (non-hydrogen) atoms. The number of fused-ring (bicyclic) bond motifs is 1. The number of hydrogen-bond donors (Lipinski definition) is 1. The number of nitrogens with one attached hydrogen (secondary N) is 1. The Morgan fingerprint density at radius 1 is 0.889 bits per heavy atom. The van der Waals surface area contributed by atoms with Crippen LogP contribution in [0.4, 0.5) is 11.4 Å². The SMILES string of the molecule is CC(=O)Nc1ccc(N2C(=O)c3ccc(C(=O)OCC(=O)N(CC(C)C)CC(C)C)cc3C2=O)cc1. The van der Waals surface area contributed by atoms with Gasteiger partial charge in [0.1, 0.15) is 0 Å². The lowest BCUT2D eigenvalue weighted by molar-refractivity contribution is -0.135. The third-order valence-corrected chi connectivity index (χ3v) is 5.42. The molecule has 2 aromatic carbocycles. The number of hydrogen-bond acceptors (Lipinski definition) is 6. The predicted octanol–water partition coefficient (Wildman–Crippen LogP) is 3.74. The molecular formula is C27H31N3O6. The maximum absolute atomic E-state index is 13.0. The lowest BCUT2D eigenvalue weighted by atomic mass is 10.1. The first-order valence-corrected chi connectivity index (χ1v) is 11.8. The molecule has 1 aliphatic rings. The van der Waals surface area contributed by atoms with Crippen LogP contribution < -0.4 is 10.2 Å². The largest absolute Gasteiger partial charge is 0.452 e. The van der Waals surface area contributed by atoms with Crippen LogP contribution in [0.2, 0.25) is 0 Å². The van der Waals surface area contributed by atoms with Crippen molar-refractivity contribution in [3.8, 4) is 0 Å². The van der Waals surface area contributed by atoms with E-state index in [1.165, 1.54) is 25.1 Å². The molecule has 1 N–H and O–H groups in total. The van der Waals surface area contributed by atoms with Crippen molar-refractivity contribution < 1.29 is 28.7 Å². The van der Waals surface area contributed by atoms with Gasteiger partial charge in [0, 0.05) is 25.7 Å². The number of rotatable bonds is 9. The van der Waals surface area contributed by atoms with Crippen molar-refractivity contribution in [1.82, 2.24) is 4.90 Å². The fraction of sp³-hybridized carbons (Fsp3) is 0.370. The molecule has 9 heteroatoms. The second kappa shape index (κ2) is 11.2. The third kappa shape index (κ3) is 6.16. The van der Waals surface area contributed by atoms with Crippen LogP contribution in [-0.4, -0.2) is 54.2 Å². The molecule has 0 fully saturated rings. The Morgan fingerprint density at radius 2 is 1.47 bits per heavy atom. The fourth-order valence-corrected chi connectivity index (χ4v) is 3.96. The fourth-order valence-electron chi connectivity index (χ4n) is 3.96. The Balaban J connectivity index is 1.71. The van der Waals surface area contributed by atoms with Crippen LogP contribution in [0.15, 0.2) is 42.5 Å². The number of nitrogens with zero attached hydrogens (tertiary/aromatic N) is 2. The van der Waals surface area contributed by atoms with Crippen LogP contribution in [-0.2, 0) is 14.3 Å². The average Bonchev–Trinajstić information content (AvgIpc) is 3.06. The molecule has 9 nitrogen and oxygen atoms in total. The van der Waals surface area contributed by atoms with Crippen molar-refractivity contribution in [2.24, 2.45) is 11.8 Å². The smallest absolute Gasteiger partial charge is 0.338 e. The quantitative estimate of drug-likeness (QED) is 0.421. The minimum atomic E-state index is -0.751. The van der Waals surface area contributed by atoms with Crippen molar-refractivity contribution in [3.63, 3.8) is 0 Å². The highest BCUT2D eigenvalue weighted by Crippen LogP contribution is 2.30. The van der Waals surface area contributed by atoms with Gasteiger partial charge in [-0.05, 0) is 54.3 Å². The number of carbonyl (C=O) groups is 5. The first kappa shape index (κ1) is 26.6. The minimum absolute atomic E-state index is 0.0739. The van der Waals surface area contributed by atoms with Crippen molar-refractivity contribution >= 4 is 41.0 Å². The second-order valence-corrected chi connectivity index (χ2v) is 9.60. The third-order valence-electron chi connectivity index (χ3n) is 5.42. The number of amides is 4. The van der Waals surface area contributed by atoms with Crippen molar-refractivity contribution in [3.05, 3.63) is 59.2 Å². The number of ether oxygens (including phenoxy) is 1. The average molecular weight is 494 g/mol. The maximum Gasteiger partial charge on any atom is 0.338 e. The van der Waals surface area contributed by atoms with Crippen LogP contribution in [0, 0.1) is 11.8 Å². The Bertz CT molecular complexity index is 1180. The lowest BCUT2D eigenvalue weighted by Gasteiger charge is -2.26. The molecule has 0 bridgehead atoms. The summed E-state index contributed by atoms with van der Waals surface area (Å²) in [6.07, 6.45) is 0. The van der Waals surface area contributed by atoms with Gasteiger partial charge in [0.05, 0.1) is 22.4 Å². The van der Waals surface area contributed by atoms with Gasteiger partial charge in [-0.2, -0.15) is 0 Å². The summed E-state index contributed by atoms with van der Waals surface area (Å²) in [4.78, 5) is 65.1. The van der Waals surface area contributed by atoms with Gasteiger partial charge in [-0.15, -0.1) is 0 Å². The van der Waals surface area contributed by atoms with Crippen LogP contribution in [0.5, 0.6) is 0 Å². The first-order chi connectivity index (χ1) is 17.0. The molecule has 0 aliphatic carbocycles. The number of imide groups is 1. The van der Waals surface area contributed by atoms with Gasteiger partial charge in [-0.3, -0.25) is 19.2 Å². The summed E-state index contributed by atoms with van der Waals surface area (Å²) in [5.41, 5.74) is 1.18. The van der Waals surface area contributed by atoms with Gasteiger partial charge >= 0.3 is 5.97 Å². The van der Waals surface area contributed by atoms with Gasteiger partial charge < -0.3 is 15.0 Å². The highest BCUT2D eigenvalue weighted by Gasteiger charge is 2.37. The molecule has 0 aromatic heterocycles. The number of carbonyl (C=O) groups excluding carboxylic acids is 5. The van der Waals surface area contributed by atoms with Crippen molar-refractivity contribution in [1.29, 1.82) is 0 Å². The Hall–Kier alpha value is -4.01. The topological polar surface area (TPSA) is 113 Å². The van der Waals surface area contributed by atoms with E-state index in [2.05, 4.69) is 5.32 Å². The molecule has 190 valence electrons. The van der Waals surface area contributed by atoms with Gasteiger partial charge in [-0.25, -0.2) is 9.69 Å². The summed E-state index contributed by atoms with van der Waals surface area (Å²) >= 11 is 0. The molecule has 0 saturated heterocycles. The minimum Gasteiger partial charge on any atom is -0.452 e. The maximum atomic E-state index is 13.0. The van der Waals surface area contributed by atoms with Gasteiger partial charge in [0.2, 0.25) is 5.91 Å². The molecule has 0 radical (unpaired) electrons. The van der Waals surface area contributed by atoms with Crippen LogP contribution in [0.25, 0.3) is 0 Å². The van der Waals surface area contributed by atoms with Crippen molar-refractivity contribution in [2.75, 3.05) is 29.9 Å². The summed E-state index contributed by atoms with van der Waals surface area (Å²) in [5, 5.41) is 2.62.